The molecule has 31 heavy (non-hydrogen) atoms. The first-order valence-corrected chi connectivity index (χ1v) is 11.6. The van der Waals surface area contributed by atoms with E-state index in [-0.39, 0.29) is 5.91 Å². The fraction of sp³-hybridized carbons (Fsp3) is 0.500. The summed E-state index contributed by atoms with van der Waals surface area (Å²) in [5.41, 5.74) is 4.65. The molecule has 0 radical (unpaired) electrons. The fourth-order valence-corrected chi connectivity index (χ4v) is 4.89. The Kier molecular flexibility index (Phi) is 6.51. The molecule has 2 heterocycles. The van der Waals surface area contributed by atoms with Gasteiger partial charge in [-0.1, -0.05) is 45.9 Å². The Hall–Kier alpha value is -2.53. The van der Waals surface area contributed by atoms with Gasteiger partial charge in [0.15, 0.2) is 18.0 Å². The summed E-state index contributed by atoms with van der Waals surface area (Å²) in [5, 5.41) is 3.29. The zero-order valence-corrected chi connectivity index (χ0v) is 19.2. The van der Waals surface area contributed by atoms with Crippen molar-refractivity contribution in [2.24, 2.45) is 0 Å². The Labute approximate surface area is 185 Å². The van der Waals surface area contributed by atoms with Crippen LogP contribution in [0, 0.1) is 0 Å². The molecule has 0 bridgehead atoms. The first kappa shape index (κ1) is 21.7. The minimum absolute atomic E-state index is 0.0921. The molecule has 1 unspecified atom stereocenters. The molecule has 5 heteroatoms. The number of ether oxygens (including phenoxy) is 2. The smallest absolute Gasteiger partial charge is 0.279 e. The van der Waals surface area contributed by atoms with E-state index in [1.165, 1.54) is 21.6 Å². The molecule has 0 aliphatic carbocycles. The van der Waals surface area contributed by atoms with Crippen molar-refractivity contribution in [2.75, 3.05) is 31.6 Å². The highest BCUT2D eigenvalue weighted by Crippen LogP contribution is 2.34. The molecule has 2 aliphatic rings. The lowest BCUT2D eigenvalue weighted by Crippen LogP contribution is -3.11. The average molecular weight is 424 g/mol. The number of para-hydroxylation sites is 1. The lowest BCUT2D eigenvalue weighted by atomic mass is 9.92. The molecule has 166 valence electrons. The molecule has 2 aromatic carbocycles. The summed E-state index contributed by atoms with van der Waals surface area (Å²) in [6, 6.07) is 12.9. The van der Waals surface area contributed by atoms with E-state index in [4.69, 9.17) is 9.47 Å². The third kappa shape index (κ3) is 4.72. The second-order valence-corrected chi connectivity index (χ2v) is 9.35. The summed E-state index contributed by atoms with van der Waals surface area (Å²) < 4.78 is 11.4. The fourth-order valence-electron chi connectivity index (χ4n) is 4.89. The number of carbonyl (C=O) groups excluding carboxylic acids is 1. The van der Waals surface area contributed by atoms with Crippen molar-refractivity contribution < 1.29 is 19.2 Å². The number of likely N-dealkylation sites (tertiary alicyclic amines) is 1. The second-order valence-electron chi connectivity index (χ2n) is 9.35. The van der Waals surface area contributed by atoms with Gasteiger partial charge in [-0.05, 0) is 41.2 Å². The van der Waals surface area contributed by atoms with Gasteiger partial charge in [-0.15, -0.1) is 0 Å². The Bertz CT molecular complexity index is 912. The highest BCUT2D eigenvalue weighted by atomic mass is 16.6. The van der Waals surface area contributed by atoms with Crippen molar-refractivity contribution in [3.05, 3.63) is 53.1 Å². The maximum Gasteiger partial charge on any atom is 0.279 e. The van der Waals surface area contributed by atoms with Crippen molar-refractivity contribution in [1.29, 1.82) is 0 Å². The third-order valence-corrected chi connectivity index (χ3v) is 6.48. The van der Waals surface area contributed by atoms with Crippen LogP contribution in [-0.2, 0) is 4.79 Å². The van der Waals surface area contributed by atoms with Crippen LogP contribution in [0.15, 0.2) is 36.4 Å². The van der Waals surface area contributed by atoms with E-state index < -0.39 is 0 Å². The molecule has 5 nitrogen and oxygen atoms in total. The van der Waals surface area contributed by atoms with E-state index in [0.29, 0.717) is 37.6 Å². The Balaban J connectivity index is 1.50. The molecule has 0 spiro atoms. The summed E-state index contributed by atoms with van der Waals surface area (Å²) in [6.45, 7) is 11.4. The Morgan fingerprint density at radius 2 is 1.71 bits per heavy atom. The molecule has 1 amide bonds. The average Bonchev–Trinajstić information content (AvgIpc) is 3.21. The number of quaternary nitrogens is 1. The first-order chi connectivity index (χ1) is 14.9. The van der Waals surface area contributed by atoms with Crippen LogP contribution in [0.25, 0.3) is 0 Å². The van der Waals surface area contributed by atoms with Crippen LogP contribution in [0.4, 0.5) is 5.69 Å². The minimum atomic E-state index is 0.0921. The first-order valence-electron chi connectivity index (χ1n) is 11.6. The van der Waals surface area contributed by atoms with Crippen molar-refractivity contribution in [1.82, 2.24) is 0 Å². The molecular weight excluding hydrogens is 388 g/mol. The topological polar surface area (TPSA) is 52.0 Å². The van der Waals surface area contributed by atoms with Crippen molar-refractivity contribution >= 4 is 11.6 Å². The van der Waals surface area contributed by atoms with E-state index in [1.54, 1.807) is 0 Å². The van der Waals surface area contributed by atoms with Gasteiger partial charge in [-0.25, -0.2) is 0 Å². The number of nitrogens with one attached hydrogen (secondary N) is 2. The van der Waals surface area contributed by atoms with Gasteiger partial charge in [0.25, 0.3) is 5.91 Å². The summed E-state index contributed by atoms with van der Waals surface area (Å²) in [6.07, 6.45) is 2.21. The summed E-state index contributed by atoms with van der Waals surface area (Å²) in [7, 11) is 0. The second kappa shape index (κ2) is 9.31. The van der Waals surface area contributed by atoms with Gasteiger partial charge in [0, 0.05) is 24.1 Å². The van der Waals surface area contributed by atoms with Crippen molar-refractivity contribution in [3.63, 3.8) is 0 Å². The summed E-state index contributed by atoms with van der Waals surface area (Å²) >= 11 is 0. The lowest BCUT2D eigenvalue weighted by molar-refractivity contribution is -0.910. The van der Waals surface area contributed by atoms with Crippen LogP contribution >= 0.6 is 0 Å². The zero-order valence-electron chi connectivity index (χ0n) is 19.2. The Morgan fingerprint density at radius 3 is 2.39 bits per heavy atom. The van der Waals surface area contributed by atoms with Gasteiger partial charge in [0.1, 0.15) is 19.3 Å². The van der Waals surface area contributed by atoms with E-state index in [0.717, 1.165) is 36.6 Å². The number of hydrogen-bond acceptors (Lipinski definition) is 3. The third-order valence-electron chi connectivity index (χ3n) is 6.48. The molecule has 2 aliphatic heterocycles. The van der Waals surface area contributed by atoms with Gasteiger partial charge in [-0.3, -0.25) is 4.79 Å². The standard InChI is InChI=1S/C26H34N2O3/c1-17(2)20-7-5-8-21(18(3)4)26(20)27-25(29)16-28-12-6-9-22(28)19-10-11-23-24(15-19)31-14-13-30-23/h5,7-8,10-11,15,17-18,22H,6,9,12-14,16H2,1-4H3,(H,27,29)/p+1/t22-/m1/s1. The van der Waals surface area contributed by atoms with E-state index in [2.05, 4.69) is 63.3 Å². The van der Waals surface area contributed by atoms with Crippen LogP contribution < -0.4 is 19.7 Å². The monoisotopic (exact) mass is 423 g/mol. The van der Waals surface area contributed by atoms with Crippen LogP contribution in [0.1, 0.15) is 75.1 Å². The maximum atomic E-state index is 13.2. The molecule has 2 N–H and O–H groups in total. The quantitative estimate of drug-likeness (QED) is 0.737. The number of rotatable bonds is 6. The van der Waals surface area contributed by atoms with Crippen molar-refractivity contribution in [3.8, 4) is 11.5 Å². The molecular formula is C26H35N2O3+. The molecule has 4 rings (SSSR count). The van der Waals surface area contributed by atoms with Crippen LogP contribution in [-0.4, -0.2) is 32.2 Å². The van der Waals surface area contributed by atoms with Gasteiger partial charge < -0.3 is 19.7 Å². The number of hydrogen-bond donors (Lipinski definition) is 2. The van der Waals surface area contributed by atoms with Gasteiger partial charge >= 0.3 is 0 Å². The molecule has 0 aromatic heterocycles. The van der Waals surface area contributed by atoms with Crippen LogP contribution in [0.5, 0.6) is 11.5 Å². The summed E-state index contributed by atoms with van der Waals surface area (Å²) in [4.78, 5) is 14.5. The van der Waals surface area contributed by atoms with Gasteiger partial charge in [0.05, 0.1) is 6.54 Å². The minimum Gasteiger partial charge on any atom is -0.486 e. The van der Waals surface area contributed by atoms with Crippen molar-refractivity contribution in [2.45, 2.75) is 58.4 Å². The highest BCUT2D eigenvalue weighted by Gasteiger charge is 2.33. The lowest BCUT2D eigenvalue weighted by Gasteiger charge is -2.25. The highest BCUT2D eigenvalue weighted by molar-refractivity contribution is 5.93. The SMILES string of the molecule is CC(C)c1cccc(C(C)C)c1NC(=O)C[NH+]1CCC[C@@H]1c1ccc2c(c1)OCCO2. The normalized spacial score (nSPS) is 20.3. The summed E-state index contributed by atoms with van der Waals surface area (Å²) in [5.74, 6) is 2.46. The largest absolute Gasteiger partial charge is 0.486 e. The molecule has 2 aromatic rings. The number of carbonyl (C=O) groups is 1. The maximum absolute atomic E-state index is 13.2. The number of amides is 1. The Morgan fingerprint density at radius 1 is 1.03 bits per heavy atom. The number of anilines is 1. The molecule has 2 atom stereocenters. The van der Waals surface area contributed by atoms with Gasteiger partial charge in [-0.2, -0.15) is 0 Å². The molecule has 1 fully saturated rings. The van der Waals surface area contributed by atoms with Crippen LogP contribution in [0.3, 0.4) is 0 Å². The predicted molar refractivity (Wildman–Crippen MR) is 123 cm³/mol. The van der Waals surface area contributed by atoms with Crippen LogP contribution in [0.2, 0.25) is 0 Å². The zero-order chi connectivity index (χ0) is 22.0. The van der Waals surface area contributed by atoms with E-state index in [1.807, 2.05) is 6.07 Å². The van der Waals surface area contributed by atoms with E-state index >= 15 is 0 Å². The molecule has 1 saturated heterocycles. The van der Waals surface area contributed by atoms with E-state index in [9.17, 15) is 4.79 Å². The predicted octanol–water partition coefficient (Wildman–Crippen LogP) is 4.06. The molecule has 0 saturated carbocycles. The number of fused-ring (bicyclic) bond motifs is 1. The van der Waals surface area contributed by atoms with Gasteiger partial charge in [0.2, 0.25) is 0 Å². The number of benzene rings is 2.